The lowest BCUT2D eigenvalue weighted by atomic mass is 10.1. The van der Waals surface area contributed by atoms with E-state index in [2.05, 4.69) is 41.3 Å². The minimum atomic E-state index is -0.805. The first kappa shape index (κ1) is 21.6. The molecular weight excluding hydrogens is 350 g/mol. The first-order valence-corrected chi connectivity index (χ1v) is 16.2. The van der Waals surface area contributed by atoms with Gasteiger partial charge in [-0.25, -0.2) is 0 Å². The van der Waals surface area contributed by atoms with E-state index < -0.39 is 7.26 Å². The van der Waals surface area contributed by atoms with Gasteiger partial charge in [-0.05, 0) is 81.4 Å². The van der Waals surface area contributed by atoms with Crippen molar-refractivity contribution in [2.45, 2.75) is 139 Å². The van der Waals surface area contributed by atoms with Gasteiger partial charge in [0.2, 0.25) is 0 Å². The Bertz CT molecular complexity index is 423. The van der Waals surface area contributed by atoms with Crippen LogP contribution in [0.5, 0.6) is 0 Å². The summed E-state index contributed by atoms with van der Waals surface area (Å²) in [6, 6.07) is 0. The first-order chi connectivity index (χ1) is 12.5. The van der Waals surface area contributed by atoms with Crippen molar-refractivity contribution in [3.8, 4) is 0 Å². The zero-order valence-corrected chi connectivity index (χ0v) is 20.5. The van der Waals surface area contributed by atoms with Gasteiger partial charge < -0.3 is 0 Å². The third-order valence-electron chi connectivity index (χ3n) is 9.24. The van der Waals surface area contributed by atoms with Crippen LogP contribution in [0.15, 0.2) is 0 Å². The van der Waals surface area contributed by atoms with Crippen molar-refractivity contribution in [3.05, 3.63) is 0 Å². The quantitative estimate of drug-likeness (QED) is 0.378. The molecule has 0 aromatic rings. The second kappa shape index (κ2) is 9.12. The Kier molecular flexibility index (Phi) is 7.57. The zero-order valence-electron chi connectivity index (χ0n) is 18.7. The van der Waals surface area contributed by atoms with Gasteiger partial charge in [-0.1, -0.05) is 49.0 Å². The van der Waals surface area contributed by atoms with Gasteiger partial charge in [-0.2, -0.15) is 0 Å². The van der Waals surface area contributed by atoms with Crippen LogP contribution in [0.25, 0.3) is 0 Å². The molecule has 0 spiro atoms. The molecule has 7 atom stereocenters. The van der Waals surface area contributed by atoms with Crippen molar-refractivity contribution in [1.29, 1.82) is 0 Å². The van der Waals surface area contributed by atoms with Crippen LogP contribution >= 0.6 is 15.2 Å². The van der Waals surface area contributed by atoms with E-state index in [4.69, 9.17) is 0 Å². The molecular formula is C24H47P2+. The summed E-state index contributed by atoms with van der Waals surface area (Å²) in [6.07, 6.45) is 16.9. The van der Waals surface area contributed by atoms with Crippen LogP contribution in [-0.2, 0) is 0 Å². The van der Waals surface area contributed by atoms with E-state index >= 15 is 0 Å². The van der Waals surface area contributed by atoms with E-state index in [1.807, 2.05) is 0 Å². The zero-order chi connectivity index (χ0) is 18.9. The SMILES string of the molecule is CC[C@@H]1CC(P2[C@H](CC)CC[C@H]2CC)C([P+]2(C)[C@H](CC)CC[C@H]2CC)C1. The van der Waals surface area contributed by atoms with Gasteiger partial charge in [0.1, 0.15) is 0 Å². The maximum Gasteiger partial charge on any atom is 0.0770 e. The Hall–Kier alpha value is 0.860. The predicted octanol–water partition coefficient (Wildman–Crippen LogP) is 8.37. The van der Waals surface area contributed by atoms with Crippen molar-refractivity contribution in [3.63, 3.8) is 0 Å². The molecule has 2 heteroatoms. The molecule has 3 rings (SSSR count). The second-order valence-electron chi connectivity index (χ2n) is 9.95. The topological polar surface area (TPSA) is 0 Å². The van der Waals surface area contributed by atoms with Crippen LogP contribution in [0.1, 0.15) is 105 Å². The average molecular weight is 398 g/mol. The molecule has 0 bridgehead atoms. The van der Waals surface area contributed by atoms with E-state index in [1.54, 1.807) is 38.5 Å². The summed E-state index contributed by atoms with van der Waals surface area (Å²) in [5.41, 5.74) is 6.80. The molecule has 2 saturated heterocycles. The van der Waals surface area contributed by atoms with Crippen molar-refractivity contribution < 1.29 is 0 Å². The molecule has 3 fully saturated rings. The fourth-order valence-electron chi connectivity index (χ4n) is 7.67. The van der Waals surface area contributed by atoms with E-state index in [1.165, 1.54) is 32.1 Å². The van der Waals surface area contributed by atoms with Gasteiger partial charge in [0.05, 0.1) is 17.0 Å². The average Bonchev–Trinajstić information content (AvgIpc) is 3.35. The molecule has 0 aromatic heterocycles. The van der Waals surface area contributed by atoms with E-state index in [-0.39, 0.29) is 7.92 Å². The van der Waals surface area contributed by atoms with Crippen molar-refractivity contribution >= 4 is 15.2 Å². The summed E-state index contributed by atoms with van der Waals surface area (Å²) >= 11 is 0. The second-order valence-corrected chi connectivity index (χ2v) is 17.5. The molecule has 2 unspecified atom stereocenters. The normalized spacial score (nSPS) is 43.4. The van der Waals surface area contributed by atoms with Crippen LogP contribution < -0.4 is 0 Å². The maximum atomic E-state index is 2.89. The Morgan fingerprint density at radius 1 is 0.692 bits per heavy atom. The molecule has 152 valence electrons. The molecule has 2 heterocycles. The van der Waals surface area contributed by atoms with E-state index in [9.17, 15) is 0 Å². The molecule has 1 saturated carbocycles. The molecule has 0 radical (unpaired) electrons. The molecule has 0 aromatic carbocycles. The van der Waals surface area contributed by atoms with Crippen LogP contribution in [0, 0.1) is 5.92 Å². The highest BCUT2D eigenvalue weighted by Crippen LogP contribution is 2.81. The van der Waals surface area contributed by atoms with Crippen LogP contribution in [-0.4, -0.2) is 40.6 Å². The van der Waals surface area contributed by atoms with Gasteiger partial charge >= 0.3 is 0 Å². The third kappa shape index (κ3) is 3.58. The number of hydrogen-bond acceptors (Lipinski definition) is 0. The van der Waals surface area contributed by atoms with Gasteiger partial charge in [-0.3, -0.25) is 0 Å². The van der Waals surface area contributed by atoms with Crippen LogP contribution in [0.2, 0.25) is 0 Å². The van der Waals surface area contributed by atoms with Crippen molar-refractivity contribution in [2.24, 2.45) is 5.92 Å². The summed E-state index contributed by atoms with van der Waals surface area (Å²) in [4.78, 5) is 0. The number of hydrogen-bond donors (Lipinski definition) is 0. The molecule has 1 aliphatic carbocycles. The lowest BCUT2D eigenvalue weighted by Gasteiger charge is -2.42. The van der Waals surface area contributed by atoms with Gasteiger partial charge in [0.25, 0.3) is 0 Å². The molecule has 26 heavy (non-hydrogen) atoms. The van der Waals surface area contributed by atoms with E-state index in [0.29, 0.717) is 0 Å². The molecule has 3 aliphatic rings. The fraction of sp³-hybridized carbons (Fsp3) is 1.00. The minimum Gasteiger partial charge on any atom is -0.0932 e. The minimum absolute atomic E-state index is 0.287. The summed E-state index contributed by atoms with van der Waals surface area (Å²) in [7, 11) is -0.518. The Labute approximate surface area is 167 Å². The Morgan fingerprint density at radius 3 is 1.65 bits per heavy atom. The highest BCUT2D eigenvalue weighted by Gasteiger charge is 2.62. The summed E-state index contributed by atoms with van der Waals surface area (Å²) < 4.78 is 0. The number of rotatable bonds is 7. The van der Waals surface area contributed by atoms with Gasteiger partial charge in [-0.15, -0.1) is 0 Å². The predicted molar refractivity (Wildman–Crippen MR) is 125 cm³/mol. The lowest BCUT2D eigenvalue weighted by molar-refractivity contribution is 0.531. The summed E-state index contributed by atoms with van der Waals surface area (Å²) in [5, 5.41) is 0. The smallest absolute Gasteiger partial charge is 0.0770 e. The monoisotopic (exact) mass is 397 g/mol. The highest BCUT2D eigenvalue weighted by atomic mass is 31.2. The van der Waals surface area contributed by atoms with Crippen LogP contribution in [0.3, 0.4) is 0 Å². The highest BCUT2D eigenvalue weighted by molar-refractivity contribution is 7.78. The maximum absolute atomic E-state index is 2.89. The summed E-state index contributed by atoms with van der Waals surface area (Å²) in [6.45, 7) is 15.4. The largest absolute Gasteiger partial charge is 0.0932 e. The molecule has 2 aliphatic heterocycles. The van der Waals surface area contributed by atoms with Crippen LogP contribution in [0.4, 0.5) is 0 Å². The Morgan fingerprint density at radius 2 is 1.23 bits per heavy atom. The molecule has 0 amide bonds. The van der Waals surface area contributed by atoms with Crippen molar-refractivity contribution in [1.82, 2.24) is 0 Å². The summed E-state index contributed by atoms with van der Waals surface area (Å²) in [5.74, 6) is 1.07. The fourth-order valence-corrected chi connectivity index (χ4v) is 19.8. The molecule has 0 N–H and O–H groups in total. The molecule has 0 nitrogen and oxygen atoms in total. The standard InChI is InChI=1S/C24H47P2/c1-7-18-16-23(25-19(8-2)12-13-20(25)9-3)24(17-18)26(6)21(10-4)14-15-22(26)11-5/h18-24H,7-17H2,1-6H3/q+1/t18-,19-,20-,21-,22-,23?,24?/m1/s1. The van der Waals surface area contributed by atoms with Crippen molar-refractivity contribution in [2.75, 3.05) is 6.66 Å². The third-order valence-corrected chi connectivity index (χ3v) is 20.1. The van der Waals surface area contributed by atoms with Gasteiger partial charge in [0.15, 0.2) is 0 Å². The van der Waals surface area contributed by atoms with E-state index in [0.717, 1.165) is 39.9 Å². The van der Waals surface area contributed by atoms with Gasteiger partial charge in [0, 0.05) is 19.6 Å². The first-order valence-electron chi connectivity index (χ1n) is 12.2. The lowest BCUT2D eigenvalue weighted by Crippen LogP contribution is -2.32. The Balaban J connectivity index is 1.95.